The average Bonchev–Trinajstić information content (AvgIpc) is 3.38. The van der Waals surface area contributed by atoms with Gasteiger partial charge < -0.3 is 20.4 Å². The number of rotatable bonds is 6. The molecule has 0 radical (unpaired) electrons. The van der Waals surface area contributed by atoms with Crippen LogP contribution in [0.5, 0.6) is 0 Å². The number of anilines is 3. The van der Waals surface area contributed by atoms with Gasteiger partial charge in [-0.2, -0.15) is 9.97 Å². The summed E-state index contributed by atoms with van der Waals surface area (Å²) >= 11 is 12.1. The molecule has 3 aliphatic rings. The van der Waals surface area contributed by atoms with Crippen molar-refractivity contribution in [3.05, 3.63) is 40.9 Å². The maximum atomic E-state index is 6.35. The second-order valence-electron chi connectivity index (χ2n) is 11.4. The number of halogens is 1. The van der Waals surface area contributed by atoms with Gasteiger partial charge in [0.1, 0.15) is 11.6 Å². The minimum absolute atomic E-state index is 0.0533. The fraction of sp³-hybridized carbons (Fsp3) is 0.621. The Balaban J connectivity index is 1.34. The van der Waals surface area contributed by atoms with E-state index >= 15 is 0 Å². The quantitative estimate of drug-likeness (QED) is 0.403. The Hall–Kier alpha value is -2.12. The molecule has 3 fully saturated rings. The molecule has 8 heteroatoms. The summed E-state index contributed by atoms with van der Waals surface area (Å²) in [5.41, 5.74) is 1.35. The first-order valence-electron chi connectivity index (χ1n) is 14.1. The van der Waals surface area contributed by atoms with Crippen LogP contribution in [0, 0.1) is 5.92 Å². The number of hydrogen-bond donors (Lipinski definition) is 2. The lowest BCUT2D eigenvalue weighted by atomic mass is 9.79. The molecule has 200 valence electrons. The van der Waals surface area contributed by atoms with E-state index in [2.05, 4.69) is 58.5 Å². The highest BCUT2D eigenvalue weighted by Gasteiger charge is 2.36. The van der Waals surface area contributed by atoms with Gasteiger partial charge in [0.2, 0.25) is 5.95 Å². The zero-order valence-corrected chi connectivity index (χ0v) is 23.9. The molecule has 6 nitrogen and oxygen atoms in total. The van der Waals surface area contributed by atoms with E-state index in [1.807, 2.05) is 6.07 Å². The predicted molar refractivity (Wildman–Crippen MR) is 159 cm³/mol. The molecule has 2 unspecified atom stereocenters. The van der Waals surface area contributed by atoms with Crippen LogP contribution in [-0.2, 0) is 5.41 Å². The van der Waals surface area contributed by atoms with Crippen molar-refractivity contribution in [2.24, 2.45) is 5.92 Å². The third-order valence-electron chi connectivity index (χ3n) is 8.59. The van der Waals surface area contributed by atoms with E-state index in [-0.39, 0.29) is 5.41 Å². The van der Waals surface area contributed by atoms with Crippen molar-refractivity contribution in [2.45, 2.75) is 83.1 Å². The lowest BCUT2D eigenvalue weighted by Gasteiger charge is -2.36. The van der Waals surface area contributed by atoms with Gasteiger partial charge >= 0.3 is 0 Å². The summed E-state index contributed by atoms with van der Waals surface area (Å²) in [4.78, 5) is 14.8. The molecule has 2 N–H and O–H groups in total. The number of hydrogen-bond acceptors (Lipinski definition) is 5. The van der Waals surface area contributed by atoms with E-state index < -0.39 is 0 Å². The molecule has 0 bridgehead atoms. The molecule has 0 amide bonds. The molecular formula is C29H41ClN6S. The van der Waals surface area contributed by atoms with Gasteiger partial charge in [0.15, 0.2) is 5.11 Å². The second-order valence-corrected chi connectivity index (χ2v) is 12.3. The molecule has 2 saturated heterocycles. The molecule has 1 aromatic heterocycles. The number of nitrogens with zero attached hydrogens (tertiary/aromatic N) is 4. The first-order chi connectivity index (χ1) is 17.9. The summed E-state index contributed by atoms with van der Waals surface area (Å²) in [5.74, 6) is 3.27. The highest BCUT2D eigenvalue weighted by molar-refractivity contribution is 7.80. The minimum atomic E-state index is 0.0533. The summed E-state index contributed by atoms with van der Waals surface area (Å²) in [7, 11) is 0. The van der Waals surface area contributed by atoms with Crippen molar-refractivity contribution in [3.63, 3.8) is 0 Å². The van der Waals surface area contributed by atoms with E-state index in [4.69, 9.17) is 33.8 Å². The summed E-state index contributed by atoms with van der Waals surface area (Å²) < 4.78 is 0. The maximum absolute atomic E-state index is 6.35. The van der Waals surface area contributed by atoms with E-state index in [0.717, 1.165) is 55.7 Å². The molecular weight excluding hydrogens is 500 g/mol. The number of piperidine rings is 2. The number of benzene rings is 1. The van der Waals surface area contributed by atoms with Crippen molar-refractivity contribution in [1.82, 2.24) is 15.3 Å². The van der Waals surface area contributed by atoms with E-state index in [1.165, 1.54) is 50.5 Å². The molecule has 2 aliphatic heterocycles. The monoisotopic (exact) mass is 540 g/mol. The van der Waals surface area contributed by atoms with Crippen LogP contribution >= 0.6 is 23.8 Å². The largest absolute Gasteiger partial charge is 0.361 e. The highest BCUT2D eigenvalue weighted by atomic mass is 35.5. The Bertz CT molecular complexity index is 1090. The molecule has 1 aliphatic carbocycles. The standard InChI is InChI=1S/C29H41ClN6S/c1-21-9-8-15-35(19-21)25-18-26(36-16-6-3-10-22(36)2)33-27(32-25)34-28(37)31-20-29(13-4-5-14-29)23-11-7-12-24(30)17-23/h7,11-12,17-18,21-22H,3-6,8-10,13-16,19-20H2,1-2H3,(H2,31,32,33,34,37). The van der Waals surface area contributed by atoms with Crippen molar-refractivity contribution < 1.29 is 0 Å². The van der Waals surface area contributed by atoms with Crippen LogP contribution in [0.2, 0.25) is 5.02 Å². The third-order valence-corrected chi connectivity index (χ3v) is 9.07. The van der Waals surface area contributed by atoms with Crippen molar-refractivity contribution in [2.75, 3.05) is 41.3 Å². The van der Waals surface area contributed by atoms with Crippen LogP contribution in [0.25, 0.3) is 0 Å². The van der Waals surface area contributed by atoms with Gasteiger partial charge in [-0.15, -0.1) is 0 Å². The first-order valence-corrected chi connectivity index (χ1v) is 14.9. The van der Waals surface area contributed by atoms with Gasteiger partial charge in [-0.25, -0.2) is 0 Å². The topological polar surface area (TPSA) is 56.3 Å². The zero-order chi connectivity index (χ0) is 25.8. The van der Waals surface area contributed by atoms with E-state index in [0.29, 0.717) is 23.0 Å². The number of thiocarbonyl (C=S) groups is 1. The molecule has 1 aromatic carbocycles. The van der Waals surface area contributed by atoms with Crippen LogP contribution in [0.3, 0.4) is 0 Å². The molecule has 3 heterocycles. The molecule has 37 heavy (non-hydrogen) atoms. The molecule has 1 saturated carbocycles. The van der Waals surface area contributed by atoms with Crippen LogP contribution < -0.4 is 20.4 Å². The number of nitrogens with one attached hydrogen (secondary N) is 2. The Morgan fingerprint density at radius 3 is 2.59 bits per heavy atom. The van der Waals surface area contributed by atoms with Crippen LogP contribution in [0.4, 0.5) is 17.6 Å². The lowest BCUT2D eigenvalue weighted by molar-refractivity contribution is 0.435. The van der Waals surface area contributed by atoms with Crippen LogP contribution in [0.1, 0.15) is 77.2 Å². The summed E-state index contributed by atoms with van der Waals surface area (Å²) in [6.45, 7) is 8.53. The number of aromatic nitrogens is 2. The highest BCUT2D eigenvalue weighted by Crippen LogP contribution is 2.41. The Labute approximate surface area is 232 Å². The zero-order valence-electron chi connectivity index (χ0n) is 22.3. The van der Waals surface area contributed by atoms with Crippen LogP contribution in [-0.4, -0.2) is 47.3 Å². The SMILES string of the molecule is CC1CCCN(c2cc(N3CCCCC3C)nc(NC(=S)NCC3(c4cccc(Cl)c4)CCCC3)n2)C1. The van der Waals surface area contributed by atoms with Gasteiger partial charge in [0.25, 0.3) is 0 Å². The summed E-state index contributed by atoms with van der Waals surface area (Å²) in [6.07, 6.45) is 10.9. The van der Waals surface area contributed by atoms with Crippen molar-refractivity contribution in [3.8, 4) is 0 Å². The smallest absolute Gasteiger partial charge is 0.232 e. The molecule has 0 spiro atoms. The van der Waals surface area contributed by atoms with Gasteiger partial charge in [0, 0.05) is 48.7 Å². The molecule has 2 atom stereocenters. The molecule has 5 rings (SSSR count). The second kappa shape index (κ2) is 11.7. The van der Waals surface area contributed by atoms with Gasteiger partial charge in [0.05, 0.1) is 0 Å². The van der Waals surface area contributed by atoms with Gasteiger partial charge in [-0.1, -0.05) is 43.5 Å². The lowest BCUT2D eigenvalue weighted by Crippen LogP contribution is -2.41. The van der Waals surface area contributed by atoms with E-state index in [9.17, 15) is 0 Å². The average molecular weight is 541 g/mol. The predicted octanol–water partition coefficient (Wildman–Crippen LogP) is 6.54. The Morgan fingerprint density at radius 1 is 1.03 bits per heavy atom. The fourth-order valence-corrected chi connectivity index (χ4v) is 6.81. The third kappa shape index (κ3) is 6.31. The summed E-state index contributed by atoms with van der Waals surface area (Å²) in [5, 5.41) is 8.24. The van der Waals surface area contributed by atoms with Gasteiger partial charge in [-0.3, -0.25) is 0 Å². The van der Waals surface area contributed by atoms with Crippen molar-refractivity contribution in [1.29, 1.82) is 0 Å². The van der Waals surface area contributed by atoms with E-state index in [1.54, 1.807) is 0 Å². The summed E-state index contributed by atoms with van der Waals surface area (Å²) in [6, 6.07) is 11.0. The van der Waals surface area contributed by atoms with Gasteiger partial charge in [-0.05, 0) is 87.7 Å². The first kappa shape index (κ1) is 26.5. The fourth-order valence-electron chi connectivity index (χ4n) is 6.46. The Morgan fingerprint density at radius 2 is 1.84 bits per heavy atom. The minimum Gasteiger partial charge on any atom is -0.361 e. The molecule has 2 aromatic rings. The van der Waals surface area contributed by atoms with Crippen LogP contribution in [0.15, 0.2) is 30.3 Å². The normalized spacial score (nSPS) is 23.6. The van der Waals surface area contributed by atoms with Crippen molar-refractivity contribution >= 4 is 46.5 Å². The Kier molecular flexibility index (Phi) is 8.40. The maximum Gasteiger partial charge on any atom is 0.232 e.